The summed E-state index contributed by atoms with van der Waals surface area (Å²) in [7, 11) is 0. The van der Waals surface area contributed by atoms with Gasteiger partial charge in [0.05, 0.1) is 4.70 Å². The number of carbonyl (C=O) groups excluding carboxylic acids is 1. The molecule has 1 aliphatic heterocycles. The Kier molecular flexibility index (Phi) is 4.73. The lowest BCUT2D eigenvalue weighted by atomic mass is 10.2. The van der Waals surface area contributed by atoms with Crippen molar-refractivity contribution < 1.29 is 9.21 Å². The highest BCUT2D eigenvalue weighted by Gasteiger charge is 2.26. The van der Waals surface area contributed by atoms with Crippen LogP contribution in [0.3, 0.4) is 0 Å². The molecule has 0 aliphatic carbocycles. The first kappa shape index (κ1) is 18.2. The molecule has 2 aromatic carbocycles. The lowest BCUT2D eigenvalue weighted by molar-refractivity contribution is 0.0715. The number of piperazine rings is 1. The molecule has 1 amide bonds. The predicted molar refractivity (Wildman–Crippen MR) is 117 cm³/mol. The molecular formula is C22H18ClN3O2S. The van der Waals surface area contributed by atoms with Crippen molar-refractivity contribution >= 4 is 44.9 Å². The molecule has 0 radical (unpaired) electrons. The van der Waals surface area contributed by atoms with Crippen LogP contribution in [0.15, 0.2) is 65.1 Å². The fraction of sp³-hybridized carbons (Fsp3) is 0.182. The van der Waals surface area contributed by atoms with E-state index < -0.39 is 0 Å². The number of anilines is 1. The third-order valence-corrected chi connectivity index (χ3v) is 6.24. The number of furan rings is 1. The van der Waals surface area contributed by atoms with Gasteiger partial charge < -0.3 is 14.2 Å². The smallest absolute Gasteiger partial charge is 0.289 e. The fourth-order valence-electron chi connectivity index (χ4n) is 3.60. The van der Waals surface area contributed by atoms with Gasteiger partial charge in [0.1, 0.15) is 11.6 Å². The third-order valence-electron chi connectivity index (χ3n) is 5.17. The van der Waals surface area contributed by atoms with E-state index in [0.29, 0.717) is 29.6 Å². The Hall–Kier alpha value is -2.83. The van der Waals surface area contributed by atoms with Crippen LogP contribution in [-0.2, 0) is 0 Å². The molecule has 1 aliphatic rings. The second-order valence-corrected chi connectivity index (χ2v) is 8.19. The van der Waals surface area contributed by atoms with E-state index in [9.17, 15) is 4.79 Å². The van der Waals surface area contributed by atoms with Gasteiger partial charge in [0, 0.05) is 42.2 Å². The zero-order valence-electron chi connectivity index (χ0n) is 15.5. The standard InChI is InChI=1S/C22H18ClN3O2S/c23-16-7-5-15(6-8-16)18-9-10-19(28-18)22(27)26-13-11-25(12-14-26)21-17-3-1-2-4-20(17)29-24-21/h1-10H,11-14H2. The summed E-state index contributed by atoms with van der Waals surface area (Å²) in [5, 5.41) is 1.85. The molecule has 4 aromatic rings. The molecule has 0 bridgehead atoms. The van der Waals surface area contributed by atoms with Crippen LogP contribution in [0.1, 0.15) is 10.6 Å². The Morgan fingerprint density at radius 2 is 1.72 bits per heavy atom. The zero-order chi connectivity index (χ0) is 19.8. The van der Waals surface area contributed by atoms with Crippen molar-refractivity contribution in [2.75, 3.05) is 31.1 Å². The number of halogens is 1. The predicted octanol–water partition coefficient (Wildman–Crippen LogP) is 5.17. The van der Waals surface area contributed by atoms with Gasteiger partial charge in [0.25, 0.3) is 5.91 Å². The maximum Gasteiger partial charge on any atom is 0.289 e. The lowest BCUT2D eigenvalue weighted by Crippen LogP contribution is -2.48. The fourth-order valence-corrected chi connectivity index (χ4v) is 4.52. The summed E-state index contributed by atoms with van der Waals surface area (Å²) in [5.74, 6) is 1.97. The SMILES string of the molecule is O=C(c1ccc(-c2ccc(Cl)cc2)o1)N1CCN(c2nsc3ccccc23)CC1. The molecule has 0 N–H and O–H groups in total. The minimum Gasteiger partial charge on any atom is -0.451 e. The Bertz CT molecular complexity index is 1160. The van der Waals surface area contributed by atoms with Crippen molar-refractivity contribution in [1.82, 2.24) is 9.27 Å². The Balaban J connectivity index is 1.27. The average molecular weight is 424 g/mol. The van der Waals surface area contributed by atoms with E-state index >= 15 is 0 Å². The number of rotatable bonds is 3. The molecule has 0 unspecified atom stereocenters. The first-order valence-electron chi connectivity index (χ1n) is 9.43. The maximum absolute atomic E-state index is 12.9. The van der Waals surface area contributed by atoms with Crippen molar-refractivity contribution in [3.8, 4) is 11.3 Å². The molecule has 29 heavy (non-hydrogen) atoms. The Labute approximate surface area is 177 Å². The molecule has 3 heterocycles. The highest BCUT2D eigenvalue weighted by molar-refractivity contribution is 7.13. The molecule has 5 rings (SSSR count). The van der Waals surface area contributed by atoms with Crippen LogP contribution in [0.25, 0.3) is 21.4 Å². The minimum atomic E-state index is -0.0759. The van der Waals surface area contributed by atoms with E-state index in [4.69, 9.17) is 16.0 Å². The molecule has 1 saturated heterocycles. The van der Waals surface area contributed by atoms with E-state index in [2.05, 4.69) is 21.4 Å². The van der Waals surface area contributed by atoms with Crippen molar-refractivity contribution in [3.05, 3.63) is 71.4 Å². The normalized spacial score (nSPS) is 14.5. The molecule has 1 fully saturated rings. The molecule has 146 valence electrons. The minimum absolute atomic E-state index is 0.0759. The van der Waals surface area contributed by atoms with Crippen molar-refractivity contribution in [2.45, 2.75) is 0 Å². The summed E-state index contributed by atoms with van der Waals surface area (Å²) < 4.78 is 11.6. The number of aromatic nitrogens is 1. The Morgan fingerprint density at radius 1 is 0.966 bits per heavy atom. The van der Waals surface area contributed by atoms with Gasteiger partial charge in [-0.15, -0.1) is 0 Å². The number of fused-ring (bicyclic) bond motifs is 1. The van der Waals surface area contributed by atoms with Crippen LogP contribution in [0.5, 0.6) is 0 Å². The van der Waals surface area contributed by atoms with Crippen LogP contribution >= 0.6 is 23.1 Å². The van der Waals surface area contributed by atoms with E-state index in [1.807, 2.05) is 47.4 Å². The number of benzene rings is 2. The topological polar surface area (TPSA) is 49.6 Å². The van der Waals surface area contributed by atoms with Gasteiger partial charge in [0.15, 0.2) is 5.76 Å². The molecule has 5 nitrogen and oxygen atoms in total. The summed E-state index contributed by atoms with van der Waals surface area (Å²) in [6, 6.07) is 19.2. The maximum atomic E-state index is 12.9. The van der Waals surface area contributed by atoms with Crippen LogP contribution in [0, 0.1) is 0 Å². The summed E-state index contributed by atoms with van der Waals surface area (Å²) in [5.41, 5.74) is 0.897. The van der Waals surface area contributed by atoms with Gasteiger partial charge in [0.2, 0.25) is 0 Å². The van der Waals surface area contributed by atoms with Gasteiger partial charge in [-0.05, 0) is 60.1 Å². The summed E-state index contributed by atoms with van der Waals surface area (Å²) >= 11 is 7.46. The van der Waals surface area contributed by atoms with Crippen LogP contribution in [0.4, 0.5) is 5.82 Å². The third kappa shape index (κ3) is 3.50. The molecule has 0 spiro atoms. The van der Waals surface area contributed by atoms with Gasteiger partial charge in [-0.25, -0.2) is 0 Å². The second kappa shape index (κ2) is 7.54. The van der Waals surface area contributed by atoms with E-state index in [0.717, 1.165) is 24.5 Å². The second-order valence-electron chi connectivity index (χ2n) is 6.95. The van der Waals surface area contributed by atoms with Crippen LogP contribution in [-0.4, -0.2) is 41.4 Å². The summed E-state index contributed by atoms with van der Waals surface area (Å²) in [6.07, 6.45) is 0. The Morgan fingerprint density at radius 3 is 2.52 bits per heavy atom. The zero-order valence-corrected chi connectivity index (χ0v) is 17.1. The number of nitrogens with zero attached hydrogens (tertiary/aromatic N) is 3. The number of hydrogen-bond acceptors (Lipinski definition) is 5. The lowest BCUT2D eigenvalue weighted by Gasteiger charge is -2.34. The van der Waals surface area contributed by atoms with Crippen LogP contribution in [0.2, 0.25) is 5.02 Å². The van der Waals surface area contributed by atoms with E-state index in [1.165, 1.54) is 21.6 Å². The van der Waals surface area contributed by atoms with Crippen LogP contribution < -0.4 is 4.90 Å². The molecule has 0 atom stereocenters. The molecule has 2 aromatic heterocycles. The van der Waals surface area contributed by atoms with Gasteiger partial charge in [-0.3, -0.25) is 4.79 Å². The van der Waals surface area contributed by atoms with Gasteiger partial charge in [-0.1, -0.05) is 23.7 Å². The molecular weight excluding hydrogens is 406 g/mol. The highest BCUT2D eigenvalue weighted by Crippen LogP contribution is 2.30. The number of amides is 1. The van der Waals surface area contributed by atoms with Crippen molar-refractivity contribution in [2.24, 2.45) is 0 Å². The highest BCUT2D eigenvalue weighted by atomic mass is 35.5. The van der Waals surface area contributed by atoms with E-state index in [-0.39, 0.29) is 5.91 Å². The van der Waals surface area contributed by atoms with Gasteiger partial charge in [-0.2, -0.15) is 4.37 Å². The summed E-state index contributed by atoms with van der Waals surface area (Å²) in [6.45, 7) is 2.79. The molecule has 7 heteroatoms. The van der Waals surface area contributed by atoms with E-state index in [1.54, 1.807) is 6.07 Å². The van der Waals surface area contributed by atoms with Crippen molar-refractivity contribution in [1.29, 1.82) is 0 Å². The van der Waals surface area contributed by atoms with Gasteiger partial charge >= 0.3 is 0 Å². The van der Waals surface area contributed by atoms with Crippen molar-refractivity contribution in [3.63, 3.8) is 0 Å². The quantitative estimate of drug-likeness (QED) is 0.456. The molecule has 0 saturated carbocycles. The summed E-state index contributed by atoms with van der Waals surface area (Å²) in [4.78, 5) is 17.0. The first-order chi connectivity index (χ1) is 14.2. The monoisotopic (exact) mass is 423 g/mol. The largest absolute Gasteiger partial charge is 0.451 e. The number of carbonyl (C=O) groups is 1. The number of hydrogen-bond donors (Lipinski definition) is 0. The first-order valence-corrected chi connectivity index (χ1v) is 10.6. The average Bonchev–Trinajstić information content (AvgIpc) is 3.42.